The summed E-state index contributed by atoms with van der Waals surface area (Å²) in [6.07, 6.45) is 0. The van der Waals surface area contributed by atoms with Gasteiger partial charge in [0.15, 0.2) is 0 Å². The Bertz CT molecular complexity index is 781. The molecule has 0 spiro atoms. The zero-order valence-electron chi connectivity index (χ0n) is 12.1. The van der Waals surface area contributed by atoms with Gasteiger partial charge in [0.2, 0.25) is 5.89 Å². The molecule has 22 heavy (non-hydrogen) atoms. The van der Waals surface area contributed by atoms with E-state index in [4.69, 9.17) is 4.42 Å². The highest BCUT2D eigenvalue weighted by Gasteiger charge is 2.15. The maximum absolute atomic E-state index is 12.1. The van der Waals surface area contributed by atoms with Crippen LogP contribution < -0.4 is 5.32 Å². The van der Waals surface area contributed by atoms with E-state index in [1.807, 2.05) is 61.5 Å². The molecular weight excluding hydrogens is 278 g/mol. The lowest BCUT2D eigenvalue weighted by molar-refractivity contribution is 0.0917. The van der Waals surface area contributed by atoms with Gasteiger partial charge in [-0.2, -0.15) is 0 Å². The Hall–Kier alpha value is -2.95. The first kappa shape index (κ1) is 14.0. The summed E-state index contributed by atoms with van der Waals surface area (Å²) in [5, 5.41) is 10.5. The molecule has 0 bridgehead atoms. The Labute approximate surface area is 128 Å². The number of aryl methyl sites for hydroxylation is 1. The summed E-state index contributed by atoms with van der Waals surface area (Å²) < 4.78 is 5.42. The van der Waals surface area contributed by atoms with Crippen LogP contribution in [0.1, 0.15) is 21.8 Å². The Kier molecular flexibility index (Phi) is 3.96. The molecule has 110 valence electrons. The molecule has 0 aliphatic carbocycles. The minimum atomic E-state index is -0.377. The van der Waals surface area contributed by atoms with Crippen molar-refractivity contribution in [3.8, 4) is 11.5 Å². The number of carbonyl (C=O) groups is 1. The highest BCUT2D eigenvalue weighted by atomic mass is 16.4. The van der Waals surface area contributed by atoms with Gasteiger partial charge in [0.25, 0.3) is 0 Å². The van der Waals surface area contributed by atoms with Crippen molar-refractivity contribution in [2.24, 2.45) is 0 Å². The number of nitrogens with zero attached hydrogens (tertiary/aromatic N) is 2. The number of rotatable bonds is 4. The van der Waals surface area contributed by atoms with Crippen LogP contribution in [0.4, 0.5) is 0 Å². The van der Waals surface area contributed by atoms with E-state index < -0.39 is 0 Å². The molecule has 0 aliphatic rings. The van der Waals surface area contributed by atoms with Crippen molar-refractivity contribution in [3.05, 3.63) is 71.6 Å². The summed E-state index contributed by atoms with van der Waals surface area (Å²) in [5.74, 6) is -0.0768. The summed E-state index contributed by atoms with van der Waals surface area (Å²) >= 11 is 0. The first-order chi connectivity index (χ1) is 10.7. The number of benzene rings is 2. The maximum Gasteiger partial charge on any atom is 0.309 e. The van der Waals surface area contributed by atoms with Gasteiger partial charge in [-0.05, 0) is 30.2 Å². The van der Waals surface area contributed by atoms with Gasteiger partial charge in [0.05, 0.1) is 0 Å². The Morgan fingerprint density at radius 2 is 1.77 bits per heavy atom. The number of nitrogens with one attached hydrogen (secondary N) is 1. The van der Waals surface area contributed by atoms with Gasteiger partial charge in [0, 0.05) is 12.1 Å². The van der Waals surface area contributed by atoms with Gasteiger partial charge in [-0.25, -0.2) is 0 Å². The Balaban J connectivity index is 1.69. The smallest absolute Gasteiger partial charge is 0.309 e. The molecule has 0 saturated carbocycles. The van der Waals surface area contributed by atoms with Gasteiger partial charge >= 0.3 is 11.8 Å². The van der Waals surface area contributed by atoms with Gasteiger partial charge in [-0.1, -0.05) is 42.5 Å². The van der Waals surface area contributed by atoms with Crippen LogP contribution in [-0.4, -0.2) is 16.1 Å². The molecule has 5 heteroatoms. The highest BCUT2D eigenvalue weighted by Crippen LogP contribution is 2.16. The standard InChI is InChI=1S/C17H15N3O2/c1-12-7-5-6-10-14(12)11-18-15(21)17-20-19-16(22-17)13-8-3-2-4-9-13/h2-10H,11H2,1H3,(H,18,21). The molecule has 1 heterocycles. The quantitative estimate of drug-likeness (QED) is 0.803. The molecule has 3 rings (SSSR count). The minimum absolute atomic E-state index is 0.0348. The van der Waals surface area contributed by atoms with E-state index in [1.54, 1.807) is 0 Å². The normalized spacial score (nSPS) is 10.4. The molecule has 1 aromatic heterocycles. The van der Waals surface area contributed by atoms with Crippen LogP contribution in [0.15, 0.2) is 59.0 Å². The second-order valence-corrected chi connectivity index (χ2v) is 4.89. The fraction of sp³-hybridized carbons (Fsp3) is 0.118. The molecular formula is C17H15N3O2. The van der Waals surface area contributed by atoms with E-state index >= 15 is 0 Å². The van der Waals surface area contributed by atoms with Crippen LogP contribution in [0.2, 0.25) is 0 Å². The first-order valence-corrected chi connectivity index (χ1v) is 6.95. The number of carbonyl (C=O) groups excluding carboxylic acids is 1. The lowest BCUT2D eigenvalue weighted by atomic mass is 10.1. The molecule has 0 atom stereocenters. The van der Waals surface area contributed by atoms with Gasteiger partial charge < -0.3 is 9.73 Å². The second-order valence-electron chi connectivity index (χ2n) is 4.89. The average molecular weight is 293 g/mol. The summed E-state index contributed by atoms with van der Waals surface area (Å²) in [7, 11) is 0. The molecule has 0 unspecified atom stereocenters. The maximum atomic E-state index is 12.1. The summed E-state index contributed by atoms with van der Waals surface area (Å²) in [5.41, 5.74) is 2.96. The third kappa shape index (κ3) is 3.03. The SMILES string of the molecule is Cc1ccccc1CNC(=O)c1nnc(-c2ccccc2)o1. The molecule has 5 nitrogen and oxygen atoms in total. The van der Waals surface area contributed by atoms with E-state index in [0.717, 1.165) is 16.7 Å². The molecule has 0 aliphatic heterocycles. The summed E-state index contributed by atoms with van der Waals surface area (Å²) in [6.45, 7) is 2.43. The largest absolute Gasteiger partial charge is 0.412 e. The van der Waals surface area contributed by atoms with E-state index in [2.05, 4.69) is 15.5 Å². The Morgan fingerprint density at radius 1 is 1.05 bits per heavy atom. The topological polar surface area (TPSA) is 68.0 Å². The van der Waals surface area contributed by atoms with Gasteiger partial charge in [-0.15, -0.1) is 10.2 Å². The first-order valence-electron chi connectivity index (χ1n) is 6.95. The number of amides is 1. The predicted octanol–water partition coefficient (Wildman–Crippen LogP) is 2.98. The number of hydrogen-bond donors (Lipinski definition) is 1. The van der Waals surface area contributed by atoms with E-state index in [1.165, 1.54) is 0 Å². The van der Waals surface area contributed by atoms with Crippen molar-refractivity contribution in [2.75, 3.05) is 0 Å². The third-order valence-corrected chi connectivity index (χ3v) is 3.34. The molecule has 0 fully saturated rings. The molecule has 2 aromatic carbocycles. The lowest BCUT2D eigenvalue weighted by Crippen LogP contribution is -2.23. The lowest BCUT2D eigenvalue weighted by Gasteiger charge is -2.05. The van der Waals surface area contributed by atoms with Gasteiger partial charge in [0.1, 0.15) is 0 Å². The van der Waals surface area contributed by atoms with Gasteiger partial charge in [-0.3, -0.25) is 4.79 Å². The number of aromatic nitrogens is 2. The van der Waals surface area contributed by atoms with Crippen LogP contribution in [0, 0.1) is 6.92 Å². The zero-order valence-corrected chi connectivity index (χ0v) is 12.1. The van der Waals surface area contributed by atoms with Crippen molar-refractivity contribution >= 4 is 5.91 Å². The van der Waals surface area contributed by atoms with E-state index in [0.29, 0.717) is 12.4 Å². The van der Waals surface area contributed by atoms with E-state index in [-0.39, 0.29) is 11.8 Å². The van der Waals surface area contributed by atoms with Crippen LogP contribution in [0.5, 0.6) is 0 Å². The Morgan fingerprint density at radius 3 is 2.55 bits per heavy atom. The van der Waals surface area contributed by atoms with Crippen molar-refractivity contribution < 1.29 is 9.21 Å². The molecule has 1 amide bonds. The molecule has 1 N–H and O–H groups in total. The van der Waals surface area contributed by atoms with Crippen LogP contribution >= 0.6 is 0 Å². The monoisotopic (exact) mass is 293 g/mol. The second kappa shape index (κ2) is 6.22. The van der Waals surface area contributed by atoms with E-state index in [9.17, 15) is 4.79 Å². The highest BCUT2D eigenvalue weighted by molar-refractivity contribution is 5.89. The van der Waals surface area contributed by atoms with Crippen molar-refractivity contribution in [2.45, 2.75) is 13.5 Å². The number of hydrogen-bond acceptors (Lipinski definition) is 4. The predicted molar refractivity (Wildman–Crippen MR) is 82.1 cm³/mol. The van der Waals surface area contributed by atoms with Crippen LogP contribution in [0.25, 0.3) is 11.5 Å². The minimum Gasteiger partial charge on any atom is -0.412 e. The third-order valence-electron chi connectivity index (χ3n) is 3.34. The fourth-order valence-electron chi connectivity index (χ4n) is 2.07. The van der Waals surface area contributed by atoms with Crippen molar-refractivity contribution in [3.63, 3.8) is 0 Å². The van der Waals surface area contributed by atoms with Crippen LogP contribution in [0.3, 0.4) is 0 Å². The average Bonchev–Trinajstić information content (AvgIpc) is 3.05. The summed E-state index contributed by atoms with van der Waals surface area (Å²) in [6, 6.07) is 17.2. The molecule has 0 radical (unpaired) electrons. The molecule has 0 saturated heterocycles. The molecule has 3 aromatic rings. The van der Waals surface area contributed by atoms with Crippen molar-refractivity contribution in [1.82, 2.24) is 15.5 Å². The zero-order chi connectivity index (χ0) is 15.4. The fourth-order valence-corrected chi connectivity index (χ4v) is 2.07. The van der Waals surface area contributed by atoms with Crippen LogP contribution in [-0.2, 0) is 6.54 Å². The van der Waals surface area contributed by atoms with Crippen molar-refractivity contribution in [1.29, 1.82) is 0 Å². The summed E-state index contributed by atoms with van der Waals surface area (Å²) in [4.78, 5) is 12.1.